The summed E-state index contributed by atoms with van der Waals surface area (Å²) in [5, 5.41) is 9.09. The highest BCUT2D eigenvalue weighted by Gasteiger charge is 2.03. The summed E-state index contributed by atoms with van der Waals surface area (Å²) >= 11 is 0. The zero-order valence-corrected chi connectivity index (χ0v) is 7.78. The van der Waals surface area contributed by atoms with E-state index in [2.05, 4.69) is 11.8 Å². The van der Waals surface area contributed by atoms with Crippen molar-refractivity contribution in [3.05, 3.63) is 10.1 Å². The molecule has 0 fully saturated rings. The minimum absolute atomic E-state index is 0.233. The molecule has 0 saturated heterocycles. The lowest BCUT2D eigenvalue weighted by Gasteiger charge is -2.08. The minimum Gasteiger partial charge on any atom is -0.314 e. The van der Waals surface area contributed by atoms with Crippen molar-refractivity contribution < 1.29 is 9.92 Å². The molecular weight excluding hydrogens is 158 g/mol. The lowest BCUT2D eigenvalue weighted by Crippen LogP contribution is -2.10. The van der Waals surface area contributed by atoms with Crippen LogP contribution in [0.15, 0.2) is 0 Å². The molecule has 1 unspecified atom stereocenters. The maximum atomic E-state index is 9.82. The van der Waals surface area contributed by atoms with Gasteiger partial charge in [0.2, 0.25) is 0 Å². The van der Waals surface area contributed by atoms with Gasteiger partial charge in [0.05, 0.1) is 6.61 Å². The summed E-state index contributed by atoms with van der Waals surface area (Å²) in [5.74, 6) is 0.293. The van der Waals surface area contributed by atoms with Gasteiger partial charge in [-0.2, -0.15) is 0 Å². The Kier molecular flexibility index (Phi) is 6.42. The highest BCUT2D eigenvalue weighted by Crippen LogP contribution is 2.09. The average Bonchev–Trinajstić information content (AvgIpc) is 2.01. The van der Waals surface area contributed by atoms with Crippen LogP contribution in [0, 0.1) is 16.0 Å². The summed E-state index contributed by atoms with van der Waals surface area (Å²) in [7, 11) is 0. The van der Waals surface area contributed by atoms with Crippen LogP contribution in [0.5, 0.6) is 0 Å². The smallest absolute Gasteiger partial charge is 0.294 e. The van der Waals surface area contributed by atoms with E-state index in [4.69, 9.17) is 0 Å². The van der Waals surface area contributed by atoms with Crippen molar-refractivity contribution in [2.45, 2.75) is 39.5 Å². The first kappa shape index (κ1) is 11.2. The summed E-state index contributed by atoms with van der Waals surface area (Å²) in [6.07, 6.45) is 4.53. The molecule has 1 atom stereocenters. The van der Waals surface area contributed by atoms with E-state index in [-0.39, 0.29) is 6.61 Å². The van der Waals surface area contributed by atoms with Gasteiger partial charge < -0.3 is 4.84 Å². The van der Waals surface area contributed by atoms with Crippen LogP contribution in [-0.4, -0.2) is 11.7 Å². The molecular formula is C8H17NO3. The Morgan fingerprint density at radius 1 is 1.50 bits per heavy atom. The summed E-state index contributed by atoms with van der Waals surface area (Å²) in [6.45, 7) is 4.34. The van der Waals surface area contributed by atoms with Crippen LogP contribution < -0.4 is 0 Å². The Balaban J connectivity index is 3.21. The number of hydrogen-bond donors (Lipinski definition) is 0. The standard InChI is InChI=1S/C8H17NO3/c1-3-4-5-6-8(2)7-12-9(10)11/h8H,3-7H2,1-2H3. The van der Waals surface area contributed by atoms with Crippen LogP contribution in [-0.2, 0) is 4.84 Å². The predicted octanol–water partition coefficient (Wildman–Crippen LogP) is 2.41. The van der Waals surface area contributed by atoms with Gasteiger partial charge in [-0.05, 0) is 12.3 Å². The second-order valence-electron chi connectivity index (χ2n) is 3.12. The first-order chi connectivity index (χ1) is 5.66. The van der Waals surface area contributed by atoms with E-state index in [1.807, 2.05) is 6.92 Å². The zero-order valence-electron chi connectivity index (χ0n) is 7.78. The maximum Gasteiger partial charge on any atom is 0.294 e. The van der Waals surface area contributed by atoms with Crippen molar-refractivity contribution in [1.29, 1.82) is 0 Å². The fourth-order valence-electron chi connectivity index (χ4n) is 1.01. The van der Waals surface area contributed by atoms with Crippen molar-refractivity contribution >= 4 is 0 Å². The first-order valence-corrected chi connectivity index (χ1v) is 4.44. The third-order valence-electron chi connectivity index (χ3n) is 1.76. The van der Waals surface area contributed by atoms with Crippen molar-refractivity contribution in [2.75, 3.05) is 6.61 Å². The zero-order chi connectivity index (χ0) is 9.40. The van der Waals surface area contributed by atoms with Crippen LogP contribution in [0.1, 0.15) is 39.5 Å². The van der Waals surface area contributed by atoms with Gasteiger partial charge in [0.15, 0.2) is 0 Å². The summed E-state index contributed by atoms with van der Waals surface area (Å²) in [6, 6.07) is 0. The predicted molar refractivity (Wildman–Crippen MR) is 46.3 cm³/mol. The molecule has 0 aromatic carbocycles. The topological polar surface area (TPSA) is 52.4 Å². The molecule has 0 saturated carbocycles. The molecule has 0 aliphatic heterocycles. The molecule has 0 aromatic heterocycles. The van der Waals surface area contributed by atoms with Gasteiger partial charge in [-0.15, -0.1) is 10.1 Å². The molecule has 0 aromatic rings. The number of nitrogens with zero attached hydrogens (tertiary/aromatic N) is 1. The third-order valence-corrected chi connectivity index (χ3v) is 1.76. The molecule has 0 bridgehead atoms. The second kappa shape index (κ2) is 6.88. The van der Waals surface area contributed by atoms with Crippen molar-refractivity contribution in [3.8, 4) is 0 Å². The Hall–Kier alpha value is -0.800. The van der Waals surface area contributed by atoms with Gasteiger partial charge in [-0.1, -0.05) is 33.1 Å². The first-order valence-electron chi connectivity index (χ1n) is 4.44. The molecule has 0 amide bonds. The van der Waals surface area contributed by atoms with Gasteiger partial charge >= 0.3 is 0 Å². The van der Waals surface area contributed by atoms with Crippen LogP contribution in [0.4, 0.5) is 0 Å². The molecule has 0 heterocycles. The molecule has 0 aliphatic rings. The largest absolute Gasteiger partial charge is 0.314 e. The number of rotatable bonds is 7. The van der Waals surface area contributed by atoms with E-state index in [1.54, 1.807) is 0 Å². The summed E-state index contributed by atoms with van der Waals surface area (Å²) in [4.78, 5) is 14.1. The van der Waals surface area contributed by atoms with E-state index in [1.165, 1.54) is 12.8 Å². The van der Waals surface area contributed by atoms with E-state index >= 15 is 0 Å². The highest BCUT2D eigenvalue weighted by atomic mass is 16.9. The molecule has 0 aliphatic carbocycles. The van der Waals surface area contributed by atoms with E-state index in [0.29, 0.717) is 5.92 Å². The average molecular weight is 175 g/mol. The molecule has 4 nitrogen and oxygen atoms in total. The van der Waals surface area contributed by atoms with Crippen LogP contribution in [0.25, 0.3) is 0 Å². The van der Waals surface area contributed by atoms with Crippen molar-refractivity contribution in [1.82, 2.24) is 0 Å². The van der Waals surface area contributed by atoms with Crippen molar-refractivity contribution in [2.24, 2.45) is 5.92 Å². The van der Waals surface area contributed by atoms with Crippen LogP contribution in [0.3, 0.4) is 0 Å². The Morgan fingerprint density at radius 3 is 2.67 bits per heavy atom. The lowest BCUT2D eigenvalue weighted by atomic mass is 10.0. The molecule has 0 rings (SSSR count). The van der Waals surface area contributed by atoms with Crippen LogP contribution >= 0.6 is 0 Å². The van der Waals surface area contributed by atoms with Gasteiger partial charge in [0.25, 0.3) is 5.09 Å². The van der Waals surface area contributed by atoms with Crippen molar-refractivity contribution in [3.63, 3.8) is 0 Å². The molecule has 0 radical (unpaired) electrons. The summed E-state index contributed by atoms with van der Waals surface area (Å²) < 4.78 is 0. The fraction of sp³-hybridized carbons (Fsp3) is 1.00. The Bertz CT molecular complexity index is 127. The molecule has 0 N–H and O–H groups in total. The quantitative estimate of drug-likeness (QED) is 0.339. The summed E-state index contributed by atoms with van der Waals surface area (Å²) in [5.41, 5.74) is 0. The number of unbranched alkanes of at least 4 members (excludes halogenated alkanes) is 2. The second-order valence-corrected chi connectivity index (χ2v) is 3.12. The third kappa shape index (κ3) is 7.31. The molecule has 12 heavy (non-hydrogen) atoms. The van der Waals surface area contributed by atoms with E-state index in [9.17, 15) is 10.1 Å². The lowest BCUT2D eigenvalue weighted by molar-refractivity contribution is -0.759. The van der Waals surface area contributed by atoms with Gasteiger partial charge in [-0.25, -0.2) is 0 Å². The maximum absolute atomic E-state index is 9.82. The van der Waals surface area contributed by atoms with Gasteiger partial charge in [0, 0.05) is 0 Å². The van der Waals surface area contributed by atoms with E-state index in [0.717, 1.165) is 12.8 Å². The number of hydrogen-bond acceptors (Lipinski definition) is 3. The monoisotopic (exact) mass is 175 g/mol. The molecule has 72 valence electrons. The highest BCUT2D eigenvalue weighted by molar-refractivity contribution is 4.50. The molecule has 4 heteroatoms. The van der Waals surface area contributed by atoms with Crippen LogP contribution in [0.2, 0.25) is 0 Å². The Morgan fingerprint density at radius 2 is 2.17 bits per heavy atom. The van der Waals surface area contributed by atoms with Gasteiger partial charge in [-0.3, -0.25) is 0 Å². The minimum atomic E-state index is -0.726. The molecule has 0 spiro atoms. The Labute approximate surface area is 73.0 Å². The van der Waals surface area contributed by atoms with Gasteiger partial charge in [0.1, 0.15) is 0 Å². The fourth-order valence-corrected chi connectivity index (χ4v) is 1.01. The normalized spacial score (nSPS) is 12.5. The SMILES string of the molecule is CCCCCC(C)CO[N+](=O)[O-]. The van der Waals surface area contributed by atoms with E-state index < -0.39 is 5.09 Å².